The Labute approximate surface area is 119 Å². The summed E-state index contributed by atoms with van der Waals surface area (Å²) in [5, 5.41) is 9.44. The number of morpholine rings is 1. The van der Waals surface area contributed by atoms with Crippen molar-refractivity contribution in [1.29, 1.82) is 0 Å². The van der Waals surface area contributed by atoms with Gasteiger partial charge in [-0.25, -0.2) is 0 Å². The molecule has 1 saturated heterocycles. The van der Waals surface area contributed by atoms with Gasteiger partial charge in [0.25, 0.3) is 0 Å². The lowest BCUT2D eigenvalue weighted by atomic mass is 9.85. The number of aliphatic hydroxyl groups is 1. The van der Waals surface area contributed by atoms with Crippen molar-refractivity contribution in [2.24, 2.45) is 11.3 Å². The molecule has 1 atom stereocenters. The van der Waals surface area contributed by atoms with Crippen molar-refractivity contribution >= 4 is 0 Å². The maximum absolute atomic E-state index is 9.44. The summed E-state index contributed by atoms with van der Waals surface area (Å²) in [7, 11) is 0. The molecule has 0 bridgehead atoms. The molecule has 1 rings (SSSR count). The number of nitrogens with zero attached hydrogens (tertiary/aromatic N) is 1. The molecule has 1 fully saturated rings. The van der Waals surface area contributed by atoms with Crippen LogP contribution < -0.4 is 0 Å². The minimum Gasteiger partial charge on any atom is -0.396 e. The van der Waals surface area contributed by atoms with Crippen molar-refractivity contribution in [3.63, 3.8) is 0 Å². The zero-order valence-corrected chi connectivity index (χ0v) is 13.2. The second kappa shape index (κ2) is 8.93. The molecule has 0 radical (unpaired) electrons. The number of hydrogen-bond acceptors (Lipinski definition) is 3. The Morgan fingerprint density at radius 3 is 2.37 bits per heavy atom. The van der Waals surface area contributed by atoms with Gasteiger partial charge in [-0.1, -0.05) is 27.2 Å². The van der Waals surface area contributed by atoms with E-state index in [-0.39, 0.29) is 0 Å². The van der Waals surface area contributed by atoms with Crippen LogP contribution >= 0.6 is 0 Å². The molecule has 1 aliphatic heterocycles. The van der Waals surface area contributed by atoms with Gasteiger partial charge in [0.15, 0.2) is 0 Å². The molecule has 1 N–H and O–H groups in total. The highest BCUT2D eigenvalue weighted by Crippen LogP contribution is 2.25. The summed E-state index contributed by atoms with van der Waals surface area (Å²) in [5.74, 6) is 0.504. The predicted octanol–water partition coefficient (Wildman–Crippen LogP) is 2.92. The molecule has 3 nitrogen and oxygen atoms in total. The van der Waals surface area contributed by atoms with Crippen LogP contribution in [0, 0.1) is 11.3 Å². The lowest BCUT2D eigenvalue weighted by Gasteiger charge is -2.26. The number of hydrogen-bond donors (Lipinski definition) is 1. The highest BCUT2D eigenvalue weighted by atomic mass is 16.5. The summed E-state index contributed by atoms with van der Waals surface area (Å²) in [6.07, 6.45) is 6.05. The second-order valence-electron chi connectivity index (χ2n) is 7.10. The minimum atomic E-state index is 0.355. The van der Waals surface area contributed by atoms with Crippen LogP contribution in [0.1, 0.15) is 52.9 Å². The Balaban J connectivity index is 2.05. The molecule has 0 unspecified atom stereocenters. The monoisotopic (exact) mass is 271 g/mol. The third kappa shape index (κ3) is 8.61. The molecular weight excluding hydrogens is 238 g/mol. The fourth-order valence-corrected chi connectivity index (χ4v) is 2.56. The summed E-state index contributed by atoms with van der Waals surface area (Å²) in [6.45, 7) is 12.4. The number of unbranched alkanes of at least 4 members (excludes halogenated alkanes) is 1. The normalized spacial score (nSPS) is 19.6. The largest absolute Gasteiger partial charge is 0.396 e. The van der Waals surface area contributed by atoms with E-state index < -0.39 is 0 Å². The van der Waals surface area contributed by atoms with Crippen LogP contribution in [0.2, 0.25) is 0 Å². The first-order valence-electron chi connectivity index (χ1n) is 7.92. The molecule has 3 heteroatoms. The smallest absolute Gasteiger partial charge is 0.0594 e. The van der Waals surface area contributed by atoms with Crippen LogP contribution in [0.15, 0.2) is 0 Å². The van der Waals surface area contributed by atoms with Crippen LogP contribution in [0.4, 0.5) is 0 Å². The van der Waals surface area contributed by atoms with E-state index in [0.717, 1.165) is 32.7 Å². The number of aliphatic hydroxyl groups excluding tert-OH is 1. The number of rotatable bonds is 8. The van der Waals surface area contributed by atoms with E-state index >= 15 is 0 Å². The summed E-state index contributed by atoms with van der Waals surface area (Å²) in [4.78, 5) is 2.49. The molecule has 0 aromatic rings. The lowest BCUT2D eigenvalue weighted by molar-refractivity contribution is 0.0368. The summed E-state index contributed by atoms with van der Waals surface area (Å²) in [6, 6.07) is 0. The Kier molecular flexibility index (Phi) is 7.96. The van der Waals surface area contributed by atoms with Crippen LogP contribution in [-0.4, -0.2) is 49.5 Å². The first-order chi connectivity index (χ1) is 9.01. The second-order valence-corrected chi connectivity index (χ2v) is 7.10. The Morgan fingerprint density at radius 1 is 1.11 bits per heavy atom. The van der Waals surface area contributed by atoms with Crippen molar-refractivity contribution < 1.29 is 9.84 Å². The molecule has 114 valence electrons. The molecule has 19 heavy (non-hydrogen) atoms. The van der Waals surface area contributed by atoms with E-state index in [1.807, 2.05) is 0 Å². The quantitative estimate of drug-likeness (QED) is 0.689. The molecule has 0 saturated carbocycles. The minimum absolute atomic E-state index is 0.355. The van der Waals surface area contributed by atoms with Gasteiger partial charge in [-0.3, -0.25) is 4.90 Å². The van der Waals surface area contributed by atoms with Crippen molar-refractivity contribution in [2.45, 2.75) is 52.9 Å². The maximum atomic E-state index is 9.44. The van der Waals surface area contributed by atoms with Gasteiger partial charge in [0.1, 0.15) is 0 Å². The summed E-state index contributed by atoms with van der Waals surface area (Å²) < 4.78 is 5.35. The molecule has 0 aliphatic carbocycles. The number of ether oxygens (including phenoxy) is 1. The Morgan fingerprint density at radius 2 is 1.79 bits per heavy atom. The fraction of sp³-hybridized carbons (Fsp3) is 1.00. The van der Waals surface area contributed by atoms with E-state index in [2.05, 4.69) is 25.7 Å². The molecule has 1 aliphatic rings. The molecule has 0 aromatic heterocycles. The third-order valence-corrected chi connectivity index (χ3v) is 4.00. The van der Waals surface area contributed by atoms with Gasteiger partial charge in [0.2, 0.25) is 0 Å². The van der Waals surface area contributed by atoms with Crippen LogP contribution in [-0.2, 0) is 4.74 Å². The molecule has 0 aromatic carbocycles. The first-order valence-corrected chi connectivity index (χ1v) is 7.92. The van der Waals surface area contributed by atoms with E-state index in [4.69, 9.17) is 4.74 Å². The highest BCUT2D eigenvalue weighted by molar-refractivity contribution is 4.67. The standard InChI is InChI=1S/C16H33NO2/c1-16(2,3)8-7-15(14-18)6-4-5-9-17-10-12-19-13-11-17/h15,18H,4-14H2,1-3H3/t15-/m0/s1. The zero-order valence-electron chi connectivity index (χ0n) is 13.2. The Bertz CT molecular complexity index is 219. The van der Waals surface area contributed by atoms with Gasteiger partial charge < -0.3 is 9.84 Å². The van der Waals surface area contributed by atoms with E-state index in [1.54, 1.807) is 0 Å². The van der Waals surface area contributed by atoms with Crippen LogP contribution in [0.3, 0.4) is 0 Å². The average molecular weight is 271 g/mol. The van der Waals surface area contributed by atoms with Gasteiger partial charge in [-0.15, -0.1) is 0 Å². The molecular formula is C16H33NO2. The zero-order chi connectivity index (χ0) is 14.1. The first kappa shape index (κ1) is 16.9. The molecule has 0 spiro atoms. The van der Waals surface area contributed by atoms with Crippen LogP contribution in [0.5, 0.6) is 0 Å². The third-order valence-electron chi connectivity index (χ3n) is 4.00. The van der Waals surface area contributed by atoms with E-state index in [9.17, 15) is 5.11 Å². The van der Waals surface area contributed by atoms with Crippen molar-refractivity contribution in [3.05, 3.63) is 0 Å². The molecule has 0 amide bonds. The van der Waals surface area contributed by atoms with Gasteiger partial charge in [-0.05, 0) is 43.6 Å². The predicted molar refractivity (Wildman–Crippen MR) is 80.4 cm³/mol. The van der Waals surface area contributed by atoms with Crippen molar-refractivity contribution in [1.82, 2.24) is 4.90 Å². The van der Waals surface area contributed by atoms with Crippen molar-refractivity contribution in [2.75, 3.05) is 39.5 Å². The summed E-state index contributed by atoms with van der Waals surface area (Å²) >= 11 is 0. The van der Waals surface area contributed by atoms with E-state index in [0.29, 0.717) is 17.9 Å². The van der Waals surface area contributed by atoms with Gasteiger partial charge in [-0.2, -0.15) is 0 Å². The average Bonchev–Trinajstić information content (AvgIpc) is 2.38. The summed E-state index contributed by atoms with van der Waals surface area (Å²) in [5.41, 5.74) is 0.390. The van der Waals surface area contributed by atoms with Gasteiger partial charge in [0.05, 0.1) is 13.2 Å². The lowest BCUT2D eigenvalue weighted by Crippen LogP contribution is -2.36. The van der Waals surface area contributed by atoms with E-state index in [1.165, 1.54) is 32.2 Å². The van der Waals surface area contributed by atoms with Gasteiger partial charge >= 0.3 is 0 Å². The maximum Gasteiger partial charge on any atom is 0.0594 e. The van der Waals surface area contributed by atoms with Gasteiger partial charge in [0, 0.05) is 19.7 Å². The fourth-order valence-electron chi connectivity index (χ4n) is 2.56. The Hall–Kier alpha value is -0.120. The van der Waals surface area contributed by atoms with Crippen LogP contribution in [0.25, 0.3) is 0 Å². The topological polar surface area (TPSA) is 32.7 Å². The highest BCUT2D eigenvalue weighted by Gasteiger charge is 2.15. The SMILES string of the molecule is CC(C)(C)CC[C@@H](CO)CCCCN1CCOCC1. The van der Waals surface area contributed by atoms with Crippen molar-refractivity contribution in [3.8, 4) is 0 Å². The molecule has 1 heterocycles.